The standard InChI is InChI=1S/C39H43N2O2Si.ClH.Pd/c1-40(2)23-27-17-28(24-41(3)4)20-34(19-27)42-25-29-18-30(22-35(21-29)44(5,6)7)26-43-37-16-14-33-12-11-31-9-8-10-32-13-15-36(37)39(33)38(31)32;;/h8-19,21-22H,23-26H2,1-7H3;1H;/q-1;;+2/p-1. The van der Waals surface area contributed by atoms with Gasteiger partial charge in [-0.3, -0.25) is 0 Å². The van der Waals surface area contributed by atoms with Crippen LogP contribution in [0.5, 0.6) is 11.5 Å². The summed E-state index contributed by atoms with van der Waals surface area (Å²) in [6.07, 6.45) is 0. The van der Waals surface area contributed by atoms with E-state index < -0.39 is 8.07 Å². The summed E-state index contributed by atoms with van der Waals surface area (Å²) in [5, 5.41) is 8.95. The molecular formula is C39H43ClN2O2PdSi. The molecule has 0 aromatic heterocycles. The van der Waals surface area contributed by atoms with Gasteiger partial charge in [-0.1, -0.05) is 79.4 Å². The fourth-order valence-corrected chi connectivity index (χ4v) is 7.38. The second kappa shape index (κ2) is 14.9. The van der Waals surface area contributed by atoms with Crippen molar-refractivity contribution in [3.8, 4) is 11.5 Å². The molecule has 242 valence electrons. The van der Waals surface area contributed by atoms with Crippen molar-refractivity contribution in [2.75, 3.05) is 28.2 Å². The summed E-state index contributed by atoms with van der Waals surface area (Å²) in [5.41, 5.74) is 4.72. The third-order valence-corrected chi connectivity index (χ3v) is 10.2. The first-order valence-corrected chi connectivity index (χ1v) is 21.1. The molecule has 7 heteroatoms. The minimum atomic E-state index is -1.59. The van der Waals surface area contributed by atoms with Gasteiger partial charge in [-0.15, -0.1) is 23.3 Å². The van der Waals surface area contributed by atoms with Crippen LogP contribution in [-0.2, 0) is 44.5 Å². The fraction of sp³-hybridized carbons (Fsp3) is 0.282. The Balaban J connectivity index is 0.00000204. The molecule has 0 aliphatic rings. The summed E-state index contributed by atoms with van der Waals surface area (Å²) in [5.74, 6) is 1.72. The van der Waals surface area contributed by atoms with Gasteiger partial charge in [-0.2, -0.15) is 6.07 Å². The van der Waals surface area contributed by atoms with Gasteiger partial charge < -0.3 is 19.3 Å². The van der Waals surface area contributed by atoms with Crippen LogP contribution in [0.3, 0.4) is 0 Å². The predicted octanol–water partition coefficient (Wildman–Crippen LogP) is 8.90. The zero-order valence-corrected chi connectivity index (χ0v) is 31.1. The van der Waals surface area contributed by atoms with Crippen LogP contribution in [-0.4, -0.2) is 46.1 Å². The zero-order chi connectivity index (χ0) is 33.0. The predicted molar refractivity (Wildman–Crippen MR) is 194 cm³/mol. The van der Waals surface area contributed by atoms with Gasteiger partial charge in [0, 0.05) is 29.6 Å². The molecule has 0 aliphatic carbocycles. The first-order chi connectivity index (χ1) is 22.0. The Labute approximate surface area is 290 Å². The number of hydrogen-bond donors (Lipinski definition) is 0. The van der Waals surface area contributed by atoms with Crippen molar-refractivity contribution < 1.29 is 27.7 Å². The van der Waals surface area contributed by atoms with Crippen LogP contribution in [0.15, 0.2) is 84.9 Å². The van der Waals surface area contributed by atoms with E-state index in [4.69, 9.17) is 9.47 Å². The summed E-state index contributed by atoms with van der Waals surface area (Å²) in [7, 11) is 11.3. The number of halogens is 1. The van der Waals surface area contributed by atoms with E-state index in [1.807, 2.05) is 0 Å². The van der Waals surface area contributed by atoms with Crippen molar-refractivity contribution in [2.45, 2.75) is 45.9 Å². The first kappa shape index (κ1) is 34.4. The minimum absolute atomic E-state index is 0.493. The monoisotopic (exact) mass is 740 g/mol. The molecule has 0 aliphatic heterocycles. The van der Waals surface area contributed by atoms with Crippen molar-refractivity contribution in [1.29, 1.82) is 0 Å². The molecule has 4 nitrogen and oxygen atoms in total. The Morgan fingerprint density at radius 1 is 0.652 bits per heavy atom. The van der Waals surface area contributed by atoms with E-state index in [2.05, 4.69) is 176 Å². The fourth-order valence-electron chi connectivity index (χ4n) is 6.14. The molecule has 0 spiro atoms. The molecule has 0 saturated heterocycles. The van der Waals surface area contributed by atoms with Crippen LogP contribution in [0.1, 0.15) is 22.3 Å². The summed E-state index contributed by atoms with van der Waals surface area (Å²) < 4.78 is 13.0. The first-order valence-electron chi connectivity index (χ1n) is 15.6. The van der Waals surface area contributed by atoms with Crippen molar-refractivity contribution in [1.82, 2.24) is 9.80 Å². The molecule has 0 bridgehead atoms. The summed E-state index contributed by atoms with van der Waals surface area (Å²) in [6, 6.07) is 34.5. The van der Waals surface area contributed by atoms with Gasteiger partial charge in [0.1, 0.15) is 19.0 Å². The number of ether oxygens (including phenoxy) is 2. The van der Waals surface area contributed by atoms with Gasteiger partial charge in [0.05, 0.1) is 8.07 Å². The third kappa shape index (κ3) is 8.12. The number of rotatable bonds is 11. The number of benzene rings is 6. The van der Waals surface area contributed by atoms with Gasteiger partial charge in [0.2, 0.25) is 0 Å². The van der Waals surface area contributed by atoms with Crippen molar-refractivity contribution in [3.05, 3.63) is 113 Å². The third-order valence-electron chi connectivity index (χ3n) is 8.14. The van der Waals surface area contributed by atoms with Gasteiger partial charge >= 0.3 is 27.7 Å². The van der Waals surface area contributed by atoms with E-state index in [1.54, 1.807) is 0 Å². The SMILES string of the molecule is CN(C)Cc1[c-]c(OCc2cc(COc3ccc4ccc5cccc6ccc3c4c56)cc([Si](C)(C)C)c2)cc(CN(C)C)c1.[Cl][Pd+]. The number of hydrogen-bond acceptors (Lipinski definition) is 4. The molecular weight excluding hydrogens is 698 g/mol. The Hall–Kier alpha value is -2.95. The van der Waals surface area contributed by atoms with Crippen molar-refractivity contribution >= 4 is 55.1 Å². The molecule has 0 amide bonds. The van der Waals surface area contributed by atoms with Crippen LogP contribution in [0, 0.1) is 6.07 Å². The quantitative estimate of drug-likeness (QED) is 0.0753. The molecule has 46 heavy (non-hydrogen) atoms. The molecule has 6 aromatic rings. The summed E-state index contributed by atoms with van der Waals surface area (Å²) in [4.78, 5) is 4.35. The van der Waals surface area contributed by atoms with Crippen molar-refractivity contribution in [2.24, 2.45) is 0 Å². The maximum absolute atomic E-state index is 6.60. The maximum atomic E-state index is 6.60. The molecule has 0 saturated carbocycles. The topological polar surface area (TPSA) is 24.9 Å². The summed E-state index contributed by atoms with van der Waals surface area (Å²) in [6.45, 7) is 9.87. The van der Waals surface area contributed by atoms with E-state index >= 15 is 0 Å². The Kier molecular flexibility index (Phi) is 11.1. The molecule has 0 atom stereocenters. The molecule has 0 N–H and O–H groups in total. The van der Waals surface area contributed by atoms with E-state index in [0.717, 1.165) is 30.2 Å². The molecule has 6 aromatic carbocycles. The van der Waals surface area contributed by atoms with E-state index in [-0.39, 0.29) is 0 Å². The zero-order valence-electron chi connectivity index (χ0n) is 27.8. The van der Waals surface area contributed by atoms with Gasteiger partial charge in [-0.25, -0.2) is 0 Å². The molecule has 6 rings (SSSR count). The molecule has 0 fully saturated rings. The molecule has 0 radical (unpaired) electrons. The Bertz CT molecular complexity index is 1890. The van der Waals surface area contributed by atoms with Gasteiger partial charge in [-0.05, 0) is 79.1 Å². The summed E-state index contributed by atoms with van der Waals surface area (Å²) >= 11 is 2.22. The van der Waals surface area contributed by atoms with Crippen LogP contribution in [0.2, 0.25) is 19.6 Å². The van der Waals surface area contributed by atoms with Gasteiger partial charge in [0.15, 0.2) is 0 Å². The van der Waals surface area contributed by atoms with Crippen LogP contribution in [0.4, 0.5) is 0 Å². The van der Waals surface area contributed by atoms with Crippen LogP contribution in [0.25, 0.3) is 32.3 Å². The molecule has 0 heterocycles. The van der Waals surface area contributed by atoms with Crippen LogP contribution < -0.4 is 14.7 Å². The van der Waals surface area contributed by atoms with Gasteiger partial charge in [0.25, 0.3) is 0 Å². The average Bonchev–Trinajstić information content (AvgIpc) is 3.01. The van der Waals surface area contributed by atoms with Crippen LogP contribution >= 0.6 is 9.53 Å². The van der Waals surface area contributed by atoms with E-state index in [9.17, 15) is 0 Å². The van der Waals surface area contributed by atoms with E-state index in [0.29, 0.717) is 13.2 Å². The number of nitrogens with zero attached hydrogens (tertiary/aromatic N) is 2. The van der Waals surface area contributed by atoms with Crippen molar-refractivity contribution in [3.63, 3.8) is 0 Å². The average molecular weight is 742 g/mol. The normalized spacial score (nSPS) is 11.9. The second-order valence-corrected chi connectivity index (χ2v) is 18.7. The molecule has 0 unspecified atom stereocenters. The Morgan fingerprint density at radius 3 is 1.87 bits per heavy atom. The second-order valence-electron chi connectivity index (χ2n) is 13.6. The van der Waals surface area contributed by atoms with E-state index in [1.165, 1.54) is 54.2 Å². The Morgan fingerprint density at radius 2 is 1.24 bits per heavy atom.